The van der Waals surface area contributed by atoms with Gasteiger partial charge in [-0.1, -0.05) is 18.2 Å². The molecule has 94 valence electrons. The van der Waals surface area contributed by atoms with Crippen molar-refractivity contribution in [3.05, 3.63) is 47.0 Å². The third kappa shape index (κ3) is 2.40. The Labute approximate surface area is 105 Å². The number of hydrogen-bond acceptors (Lipinski definition) is 4. The van der Waals surface area contributed by atoms with Crippen LogP contribution in [0.4, 0.5) is 0 Å². The van der Waals surface area contributed by atoms with E-state index in [4.69, 9.17) is 0 Å². The van der Waals surface area contributed by atoms with Crippen molar-refractivity contribution < 1.29 is 9.53 Å². The van der Waals surface area contributed by atoms with Gasteiger partial charge >= 0.3 is 5.97 Å². The summed E-state index contributed by atoms with van der Waals surface area (Å²) >= 11 is 0. The topological polar surface area (TPSA) is 57.0 Å². The Balaban J connectivity index is 2.24. The first-order valence-electron chi connectivity index (χ1n) is 5.64. The summed E-state index contributed by atoms with van der Waals surface area (Å²) in [6.07, 6.45) is 1.54. The number of aryl methyl sites for hydroxylation is 2. The van der Waals surface area contributed by atoms with E-state index in [2.05, 4.69) is 40.8 Å². The molecule has 1 aromatic carbocycles. The molecule has 0 fully saturated rings. The molecule has 2 rings (SSSR count). The zero-order valence-electron chi connectivity index (χ0n) is 10.7. The van der Waals surface area contributed by atoms with Crippen LogP contribution in [0.25, 0.3) is 0 Å². The lowest BCUT2D eigenvalue weighted by molar-refractivity contribution is 0.0586. The van der Waals surface area contributed by atoms with Crippen molar-refractivity contribution in [3.8, 4) is 0 Å². The number of ether oxygens (including phenoxy) is 1. The Morgan fingerprint density at radius 2 is 2.00 bits per heavy atom. The van der Waals surface area contributed by atoms with Crippen LogP contribution in [0.5, 0.6) is 0 Å². The van der Waals surface area contributed by atoms with Gasteiger partial charge < -0.3 is 4.74 Å². The van der Waals surface area contributed by atoms with E-state index in [0.717, 1.165) is 0 Å². The monoisotopic (exact) mass is 245 g/mol. The lowest BCUT2D eigenvalue weighted by Gasteiger charge is -2.08. The van der Waals surface area contributed by atoms with Crippen molar-refractivity contribution in [1.82, 2.24) is 14.8 Å². The van der Waals surface area contributed by atoms with E-state index in [1.807, 2.05) is 6.07 Å². The lowest BCUT2D eigenvalue weighted by Crippen LogP contribution is -2.07. The number of esters is 1. The number of aromatic nitrogens is 3. The number of methoxy groups -OCH3 is 1. The van der Waals surface area contributed by atoms with Gasteiger partial charge in [-0.3, -0.25) is 0 Å². The summed E-state index contributed by atoms with van der Waals surface area (Å²) in [5.41, 5.74) is 3.59. The first-order valence-corrected chi connectivity index (χ1v) is 5.64. The molecule has 0 saturated carbocycles. The van der Waals surface area contributed by atoms with Gasteiger partial charge in [0.1, 0.15) is 6.33 Å². The molecule has 0 aliphatic heterocycles. The van der Waals surface area contributed by atoms with Gasteiger partial charge in [-0.05, 0) is 30.5 Å². The van der Waals surface area contributed by atoms with Crippen molar-refractivity contribution in [1.29, 1.82) is 0 Å². The van der Waals surface area contributed by atoms with Crippen LogP contribution in [-0.4, -0.2) is 27.8 Å². The maximum Gasteiger partial charge on any atom is 0.377 e. The Hall–Kier alpha value is -2.17. The minimum absolute atomic E-state index is 0.0868. The highest BCUT2D eigenvalue weighted by molar-refractivity contribution is 5.84. The molecule has 0 amide bonds. The second kappa shape index (κ2) is 5.00. The Morgan fingerprint density at radius 1 is 1.33 bits per heavy atom. The van der Waals surface area contributed by atoms with Crippen LogP contribution in [0.3, 0.4) is 0 Å². The van der Waals surface area contributed by atoms with Crippen molar-refractivity contribution in [2.75, 3.05) is 7.11 Å². The third-order valence-electron chi connectivity index (χ3n) is 2.87. The molecule has 5 nitrogen and oxygen atoms in total. The largest absolute Gasteiger partial charge is 0.463 e. The highest BCUT2D eigenvalue weighted by Gasteiger charge is 2.12. The van der Waals surface area contributed by atoms with Gasteiger partial charge in [0.25, 0.3) is 5.82 Å². The number of carbonyl (C=O) groups is 1. The van der Waals surface area contributed by atoms with Gasteiger partial charge in [0.15, 0.2) is 0 Å². The van der Waals surface area contributed by atoms with Gasteiger partial charge in [0.2, 0.25) is 0 Å². The van der Waals surface area contributed by atoms with E-state index in [9.17, 15) is 4.79 Å². The number of nitrogens with zero attached hydrogens (tertiary/aromatic N) is 3. The first kappa shape index (κ1) is 12.3. The van der Waals surface area contributed by atoms with Crippen LogP contribution in [0.2, 0.25) is 0 Å². The summed E-state index contributed by atoms with van der Waals surface area (Å²) in [4.78, 5) is 15.2. The molecule has 0 saturated heterocycles. The summed E-state index contributed by atoms with van der Waals surface area (Å²) in [5.74, 6) is -0.431. The van der Waals surface area contributed by atoms with E-state index in [-0.39, 0.29) is 5.82 Å². The molecule has 0 aliphatic carbocycles. The quantitative estimate of drug-likeness (QED) is 0.773. The standard InChI is InChI=1S/C13H15N3O2/c1-9-5-4-6-10(2)11(9)7-16-8-14-12(15-16)13(17)18-3/h4-6,8H,7H2,1-3H3. The van der Waals surface area contributed by atoms with E-state index in [1.165, 1.54) is 30.1 Å². The van der Waals surface area contributed by atoms with Gasteiger partial charge in [0.05, 0.1) is 13.7 Å². The van der Waals surface area contributed by atoms with E-state index in [1.54, 1.807) is 4.68 Å². The van der Waals surface area contributed by atoms with Crippen LogP contribution in [-0.2, 0) is 11.3 Å². The third-order valence-corrected chi connectivity index (χ3v) is 2.87. The predicted octanol–water partition coefficient (Wildman–Crippen LogP) is 1.73. The lowest BCUT2D eigenvalue weighted by atomic mass is 10.0. The molecular formula is C13H15N3O2. The van der Waals surface area contributed by atoms with Gasteiger partial charge in [0, 0.05) is 0 Å². The van der Waals surface area contributed by atoms with Crippen LogP contribution in [0.1, 0.15) is 27.3 Å². The van der Waals surface area contributed by atoms with Crippen LogP contribution in [0.15, 0.2) is 24.5 Å². The molecule has 0 atom stereocenters. The van der Waals surface area contributed by atoms with Crippen LogP contribution < -0.4 is 0 Å². The SMILES string of the molecule is COC(=O)c1ncn(Cc2c(C)cccc2C)n1. The maximum absolute atomic E-state index is 11.3. The van der Waals surface area contributed by atoms with E-state index >= 15 is 0 Å². The molecule has 5 heteroatoms. The summed E-state index contributed by atoms with van der Waals surface area (Å²) in [6.45, 7) is 4.71. The second-order valence-corrected chi connectivity index (χ2v) is 4.13. The zero-order chi connectivity index (χ0) is 13.1. The van der Waals surface area contributed by atoms with Gasteiger partial charge in [-0.25, -0.2) is 14.5 Å². The minimum atomic E-state index is -0.518. The predicted molar refractivity (Wildman–Crippen MR) is 66.4 cm³/mol. The molecule has 0 unspecified atom stereocenters. The van der Waals surface area contributed by atoms with Crippen molar-refractivity contribution >= 4 is 5.97 Å². The fourth-order valence-corrected chi connectivity index (χ4v) is 1.82. The second-order valence-electron chi connectivity index (χ2n) is 4.13. The molecule has 0 spiro atoms. The number of benzene rings is 1. The van der Waals surface area contributed by atoms with Crippen LogP contribution >= 0.6 is 0 Å². The Kier molecular flexibility index (Phi) is 3.41. The molecule has 1 heterocycles. The fourth-order valence-electron chi connectivity index (χ4n) is 1.82. The maximum atomic E-state index is 11.3. The van der Waals surface area contributed by atoms with Gasteiger partial charge in [-0.15, -0.1) is 5.10 Å². The molecular weight excluding hydrogens is 230 g/mol. The number of hydrogen-bond donors (Lipinski definition) is 0. The molecule has 0 aliphatic rings. The fraction of sp³-hybridized carbons (Fsp3) is 0.308. The molecule has 0 N–H and O–H groups in total. The highest BCUT2D eigenvalue weighted by Crippen LogP contribution is 2.14. The number of carbonyl (C=O) groups excluding carboxylic acids is 1. The van der Waals surface area contributed by atoms with E-state index < -0.39 is 5.97 Å². The minimum Gasteiger partial charge on any atom is -0.463 e. The molecule has 18 heavy (non-hydrogen) atoms. The molecule has 0 radical (unpaired) electrons. The zero-order valence-corrected chi connectivity index (χ0v) is 10.7. The first-order chi connectivity index (χ1) is 8.61. The summed E-state index contributed by atoms with van der Waals surface area (Å²) in [6, 6.07) is 6.14. The van der Waals surface area contributed by atoms with Crippen molar-refractivity contribution in [2.45, 2.75) is 20.4 Å². The Morgan fingerprint density at radius 3 is 2.61 bits per heavy atom. The van der Waals surface area contributed by atoms with Gasteiger partial charge in [-0.2, -0.15) is 0 Å². The molecule has 1 aromatic heterocycles. The normalized spacial score (nSPS) is 10.4. The average Bonchev–Trinajstić information content (AvgIpc) is 2.81. The molecule has 0 bridgehead atoms. The summed E-state index contributed by atoms with van der Waals surface area (Å²) in [5, 5.41) is 4.09. The summed E-state index contributed by atoms with van der Waals surface area (Å²) in [7, 11) is 1.31. The molecule has 2 aromatic rings. The smallest absolute Gasteiger partial charge is 0.377 e. The Bertz CT molecular complexity index is 555. The number of rotatable bonds is 3. The summed E-state index contributed by atoms with van der Waals surface area (Å²) < 4.78 is 6.21. The average molecular weight is 245 g/mol. The highest BCUT2D eigenvalue weighted by atomic mass is 16.5. The van der Waals surface area contributed by atoms with Crippen molar-refractivity contribution in [3.63, 3.8) is 0 Å². The van der Waals surface area contributed by atoms with E-state index in [0.29, 0.717) is 6.54 Å². The van der Waals surface area contributed by atoms with Crippen LogP contribution in [0, 0.1) is 13.8 Å². The van der Waals surface area contributed by atoms with Crippen molar-refractivity contribution in [2.24, 2.45) is 0 Å².